The predicted octanol–water partition coefficient (Wildman–Crippen LogP) is 4.53. The van der Waals surface area contributed by atoms with Gasteiger partial charge in [0.15, 0.2) is 0 Å². The summed E-state index contributed by atoms with van der Waals surface area (Å²) >= 11 is 0. The maximum absolute atomic E-state index is 13.4. The highest BCUT2D eigenvalue weighted by Gasteiger charge is 2.29. The third-order valence-electron chi connectivity index (χ3n) is 6.76. The zero-order valence-corrected chi connectivity index (χ0v) is 21.0. The molecule has 0 saturated carbocycles. The molecule has 0 fully saturated rings. The predicted molar refractivity (Wildman–Crippen MR) is 146 cm³/mol. The molecule has 36 heavy (non-hydrogen) atoms. The molecule has 2 heterocycles. The summed E-state index contributed by atoms with van der Waals surface area (Å²) in [6.45, 7) is 2.73. The summed E-state index contributed by atoms with van der Waals surface area (Å²) in [6, 6.07) is 22.9. The van der Waals surface area contributed by atoms with Crippen molar-refractivity contribution in [2.45, 2.75) is 44.8 Å². The van der Waals surface area contributed by atoms with Crippen LogP contribution < -0.4 is 16.0 Å². The number of fused-ring (bicyclic) bond motifs is 2. The Morgan fingerprint density at radius 1 is 0.972 bits per heavy atom. The number of aryl methyl sites for hydroxylation is 1. The Morgan fingerprint density at radius 2 is 1.69 bits per heavy atom. The average Bonchev–Trinajstić information content (AvgIpc) is 3.31. The molecule has 6 nitrogen and oxygen atoms in total. The van der Waals surface area contributed by atoms with Gasteiger partial charge in [0.25, 0.3) is 0 Å². The highest BCUT2D eigenvalue weighted by molar-refractivity contribution is 5.98. The molecule has 0 radical (unpaired) electrons. The molecule has 2 amide bonds. The second kappa shape index (κ2) is 11.4. The van der Waals surface area contributed by atoms with Crippen molar-refractivity contribution in [3.63, 3.8) is 0 Å². The van der Waals surface area contributed by atoms with Gasteiger partial charge in [-0.15, -0.1) is 12.4 Å². The molecule has 0 bridgehead atoms. The SMILES string of the molecule is CCc1ccc(NC(=O)[C@H](Cc2c[nH]c3ccccc23)NC(=O)[C@@H]2Cc3ccccc3CN2)cc1.Cl. The molecule has 2 atom stereocenters. The van der Waals surface area contributed by atoms with E-state index in [0.29, 0.717) is 19.4 Å². The lowest BCUT2D eigenvalue weighted by atomic mass is 9.95. The average molecular weight is 503 g/mol. The number of carbonyl (C=O) groups excluding carboxylic acids is 2. The molecule has 4 N–H and O–H groups in total. The van der Waals surface area contributed by atoms with Crippen LogP contribution in [0.15, 0.2) is 79.0 Å². The highest BCUT2D eigenvalue weighted by Crippen LogP contribution is 2.21. The van der Waals surface area contributed by atoms with Crippen molar-refractivity contribution in [1.29, 1.82) is 0 Å². The minimum atomic E-state index is -0.716. The van der Waals surface area contributed by atoms with E-state index in [2.05, 4.69) is 40.0 Å². The van der Waals surface area contributed by atoms with Gasteiger partial charge in [0, 0.05) is 35.8 Å². The van der Waals surface area contributed by atoms with Crippen LogP contribution in [0.2, 0.25) is 0 Å². The van der Waals surface area contributed by atoms with Gasteiger partial charge in [0.05, 0.1) is 6.04 Å². The molecule has 1 aliphatic rings. The summed E-state index contributed by atoms with van der Waals surface area (Å²) in [5.41, 5.74) is 6.30. The fourth-order valence-corrected chi connectivity index (χ4v) is 4.69. The molecule has 1 aromatic heterocycles. The van der Waals surface area contributed by atoms with Crippen LogP contribution in [0.3, 0.4) is 0 Å². The minimum Gasteiger partial charge on any atom is -0.361 e. The van der Waals surface area contributed by atoms with E-state index in [0.717, 1.165) is 28.6 Å². The number of benzene rings is 3. The van der Waals surface area contributed by atoms with Crippen molar-refractivity contribution < 1.29 is 9.59 Å². The maximum atomic E-state index is 13.4. The summed E-state index contributed by atoms with van der Waals surface area (Å²) in [6.07, 6.45) is 3.84. The minimum absolute atomic E-state index is 0. The Bertz CT molecular complexity index is 1350. The molecule has 0 spiro atoms. The van der Waals surface area contributed by atoms with Crippen molar-refractivity contribution in [2.24, 2.45) is 0 Å². The van der Waals surface area contributed by atoms with Gasteiger partial charge in [-0.2, -0.15) is 0 Å². The Balaban J connectivity index is 0.00000304. The lowest BCUT2D eigenvalue weighted by Gasteiger charge is -2.27. The van der Waals surface area contributed by atoms with E-state index in [9.17, 15) is 9.59 Å². The van der Waals surface area contributed by atoms with Gasteiger partial charge in [-0.25, -0.2) is 0 Å². The number of carbonyl (C=O) groups is 2. The quantitative estimate of drug-likeness (QED) is 0.299. The number of para-hydroxylation sites is 1. The van der Waals surface area contributed by atoms with Crippen molar-refractivity contribution in [1.82, 2.24) is 15.6 Å². The third kappa shape index (κ3) is 5.61. The van der Waals surface area contributed by atoms with E-state index in [4.69, 9.17) is 0 Å². The number of H-pyrrole nitrogens is 1. The zero-order chi connectivity index (χ0) is 24.2. The highest BCUT2D eigenvalue weighted by atomic mass is 35.5. The van der Waals surface area contributed by atoms with Gasteiger partial charge < -0.3 is 20.9 Å². The lowest BCUT2D eigenvalue weighted by Crippen LogP contribution is -2.53. The second-order valence-corrected chi connectivity index (χ2v) is 9.07. The molecule has 7 heteroatoms. The summed E-state index contributed by atoms with van der Waals surface area (Å²) in [5, 5.41) is 10.4. The van der Waals surface area contributed by atoms with E-state index < -0.39 is 6.04 Å². The van der Waals surface area contributed by atoms with Crippen LogP contribution in [0, 0.1) is 0 Å². The number of rotatable bonds is 7. The van der Waals surface area contributed by atoms with Crippen molar-refractivity contribution >= 4 is 40.8 Å². The normalized spacial score (nSPS) is 15.4. The molecule has 4 aromatic rings. The Morgan fingerprint density at radius 3 is 2.47 bits per heavy atom. The van der Waals surface area contributed by atoms with E-state index in [-0.39, 0.29) is 30.3 Å². The smallest absolute Gasteiger partial charge is 0.247 e. The maximum Gasteiger partial charge on any atom is 0.247 e. The fraction of sp³-hybridized carbons (Fsp3) is 0.241. The number of aromatic nitrogens is 1. The number of hydrogen-bond acceptors (Lipinski definition) is 3. The van der Waals surface area contributed by atoms with Gasteiger partial charge in [0.2, 0.25) is 11.8 Å². The molecule has 3 aromatic carbocycles. The Labute approximate surface area is 217 Å². The Kier molecular flexibility index (Phi) is 8.08. The van der Waals surface area contributed by atoms with Gasteiger partial charge in [-0.05, 0) is 53.3 Å². The zero-order valence-electron chi connectivity index (χ0n) is 20.2. The van der Waals surface area contributed by atoms with Crippen molar-refractivity contribution in [3.05, 3.63) is 101 Å². The van der Waals surface area contributed by atoms with E-state index in [1.807, 2.05) is 66.9 Å². The van der Waals surface area contributed by atoms with Crippen molar-refractivity contribution in [2.75, 3.05) is 5.32 Å². The first kappa shape index (κ1) is 25.5. The van der Waals surface area contributed by atoms with Gasteiger partial charge >= 0.3 is 0 Å². The lowest BCUT2D eigenvalue weighted by molar-refractivity contribution is -0.128. The van der Waals surface area contributed by atoms with Crippen LogP contribution in [0.1, 0.15) is 29.2 Å². The molecular weight excluding hydrogens is 472 g/mol. The standard InChI is InChI=1S/C29H30N4O2.ClH/c1-2-19-11-13-23(14-12-19)32-29(35)27(16-22-18-30-25-10-6-5-9-24(22)25)33-28(34)26-15-20-7-3-4-8-21(20)17-31-26;/h3-14,18,26-27,30-31H,2,15-17H2,1H3,(H,32,35)(H,33,34);1H/t26-,27-;/m0./s1. The molecule has 0 saturated heterocycles. The molecule has 5 rings (SSSR count). The molecule has 0 unspecified atom stereocenters. The number of nitrogens with one attached hydrogen (secondary N) is 4. The fourth-order valence-electron chi connectivity index (χ4n) is 4.69. The monoisotopic (exact) mass is 502 g/mol. The summed E-state index contributed by atoms with van der Waals surface area (Å²) in [4.78, 5) is 29.9. The molecule has 0 aliphatic carbocycles. The number of hydrogen-bond donors (Lipinski definition) is 4. The van der Waals surface area contributed by atoms with Crippen LogP contribution in [0.25, 0.3) is 10.9 Å². The van der Waals surface area contributed by atoms with Gasteiger partial charge in [0.1, 0.15) is 6.04 Å². The summed E-state index contributed by atoms with van der Waals surface area (Å²) < 4.78 is 0. The number of halogens is 1. The van der Waals surface area contributed by atoms with Crippen LogP contribution >= 0.6 is 12.4 Å². The number of aromatic amines is 1. The van der Waals surface area contributed by atoms with Crippen LogP contribution in [-0.2, 0) is 35.4 Å². The Hall–Kier alpha value is -3.61. The van der Waals surface area contributed by atoms with E-state index in [1.165, 1.54) is 16.7 Å². The largest absolute Gasteiger partial charge is 0.361 e. The number of anilines is 1. The molecular formula is C29H31ClN4O2. The van der Waals surface area contributed by atoms with E-state index >= 15 is 0 Å². The van der Waals surface area contributed by atoms with Crippen LogP contribution in [0.4, 0.5) is 5.69 Å². The van der Waals surface area contributed by atoms with Gasteiger partial charge in [-0.1, -0.05) is 61.5 Å². The van der Waals surface area contributed by atoms with E-state index in [1.54, 1.807) is 0 Å². The first-order valence-corrected chi connectivity index (χ1v) is 12.2. The first-order valence-electron chi connectivity index (χ1n) is 12.2. The van der Waals surface area contributed by atoms with Crippen molar-refractivity contribution in [3.8, 4) is 0 Å². The summed E-state index contributed by atoms with van der Waals surface area (Å²) in [5.74, 6) is -0.398. The first-order chi connectivity index (χ1) is 17.1. The van der Waals surface area contributed by atoms with Crippen LogP contribution in [-0.4, -0.2) is 28.9 Å². The number of amides is 2. The van der Waals surface area contributed by atoms with Crippen LogP contribution in [0.5, 0.6) is 0 Å². The molecule has 186 valence electrons. The summed E-state index contributed by atoms with van der Waals surface area (Å²) in [7, 11) is 0. The second-order valence-electron chi connectivity index (χ2n) is 9.07. The van der Waals surface area contributed by atoms with Gasteiger partial charge in [-0.3, -0.25) is 9.59 Å². The third-order valence-corrected chi connectivity index (χ3v) is 6.76. The molecule has 1 aliphatic heterocycles. The topological polar surface area (TPSA) is 86.0 Å².